The molecule has 3 aromatic rings. The third kappa shape index (κ3) is 3.36. The van der Waals surface area contributed by atoms with Crippen LogP contribution in [0.1, 0.15) is 13.8 Å². The van der Waals surface area contributed by atoms with Gasteiger partial charge in [0, 0.05) is 26.2 Å². The molecule has 0 bridgehead atoms. The molecule has 0 N–H and O–H groups in total. The predicted molar refractivity (Wildman–Crippen MR) is 110 cm³/mol. The molecule has 0 aromatic carbocycles. The lowest BCUT2D eigenvalue weighted by Crippen LogP contribution is -2.46. The summed E-state index contributed by atoms with van der Waals surface area (Å²) < 4.78 is 18.2. The van der Waals surface area contributed by atoms with Gasteiger partial charge in [-0.1, -0.05) is 0 Å². The van der Waals surface area contributed by atoms with Crippen molar-refractivity contribution in [2.45, 2.75) is 26.1 Å². The second-order valence-corrected chi connectivity index (χ2v) is 8.46. The van der Waals surface area contributed by atoms with E-state index in [-0.39, 0.29) is 12.2 Å². The molecule has 7 nitrogen and oxygen atoms in total. The van der Waals surface area contributed by atoms with E-state index in [4.69, 9.17) is 23.9 Å². The normalized spacial score (nSPS) is 23.5. The van der Waals surface area contributed by atoms with Gasteiger partial charge >= 0.3 is 0 Å². The first kappa shape index (κ1) is 17.9. The van der Waals surface area contributed by atoms with Gasteiger partial charge in [-0.2, -0.15) is 4.98 Å². The number of hydrogen-bond donors (Lipinski definition) is 0. The number of aromatic nitrogens is 2. The topological polar surface area (TPSA) is 63.9 Å². The Morgan fingerprint density at radius 2 is 1.86 bits per heavy atom. The summed E-state index contributed by atoms with van der Waals surface area (Å²) in [5.41, 5.74) is 0.967. The van der Waals surface area contributed by atoms with Gasteiger partial charge in [0.2, 0.25) is 5.95 Å². The Labute approximate surface area is 167 Å². The maximum Gasteiger partial charge on any atom is 0.228 e. The molecule has 2 aliphatic heterocycles. The second-order valence-electron chi connectivity index (χ2n) is 7.41. The van der Waals surface area contributed by atoms with Crippen LogP contribution >= 0.6 is 11.3 Å². The van der Waals surface area contributed by atoms with E-state index < -0.39 is 0 Å². The second kappa shape index (κ2) is 7.35. The smallest absolute Gasteiger partial charge is 0.228 e. The average molecular weight is 401 g/mol. The summed E-state index contributed by atoms with van der Waals surface area (Å²) in [6.45, 7) is 8.94. The third-order valence-electron chi connectivity index (χ3n) is 5.12. The van der Waals surface area contributed by atoms with Crippen molar-refractivity contribution in [3.05, 3.63) is 24.5 Å². The molecule has 3 aromatic heterocycles. The summed E-state index contributed by atoms with van der Waals surface area (Å²) in [5, 5.41) is 0. The highest BCUT2D eigenvalue weighted by Crippen LogP contribution is 2.39. The number of ether oxygens (including phenoxy) is 2. The molecule has 2 atom stereocenters. The molecular weight excluding hydrogens is 376 g/mol. The summed E-state index contributed by atoms with van der Waals surface area (Å²) in [6.07, 6.45) is 2.03. The molecule has 148 valence electrons. The van der Waals surface area contributed by atoms with Crippen molar-refractivity contribution in [2.24, 2.45) is 0 Å². The molecule has 0 radical (unpaired) electrons. The Hall–Kier alpha value is -2.16. The summed E-state index contributed by atoms with van der Waals surface area (Å²) in [4.78, 5) is 15.6. The molecule has 2 saturated heterocycles. The minimum absolute atomic E-state index is 0.163. The van der Waals surface area contributed by atoms with Crippen LogP contribution in [0.4, 0.5) is 11.8 Å². The highest BCUT2D eigenvalue weighted by atomic mass is 32.1. The zero-order valence-electron chi connectivity index (χ0n) is 16.1. The minimum atomic E-state index is 0.163. The van der Waals surface area contributed by atoms with E-state index in [2.05, 4.69) is 29.7 Å². The first-order valence-electron chi connectivity index (χ1n) is 9.76. The number of rotatable bonds is 3. The van der Waals surface area contributed by atoms with Crippen molar-refractivity contribution < 1.29 is 13.9 Å². The Morgan fingerprint density at radius 3 is 2.57 bits per heavy atom. The Morgan fingerprint density at radius 1 is 1.07 bits per heavy atom. The standard InChI is InChI=1S/C20H24N4O3S/c1-13-11-24(12-14(2)27-13)20-21-15-10-17(16-4-3-7-26-16)28-18(15)19(22-20)23-5-8-25-9-6-23/h3-4,7,10,13-14H,5-6,8-9,11-12H2,1-2H3/t13-,14+. The zero-order chi connectivity index (χ0) is 19.1. The van der Waals surface area contributed by atoms with Crippen LogP contribution in [0.3, 0.4) is 0 Å². The lowest BCUT2D eigenvalue weighted by atomic mass is 10.2. The van der Waals surface area contributed by atoms with Crippen LogP contribution in [0.5, 0.6) is 0 Å². The lowest BCUT2D eigenvalue weighted by molar-refractivity contribution is -0.00569. The van der Waals surface area contributed by atoms with Crippen LogP contribution in [-0.4, -0.2) is 61.6 Å². The van der Waals surface area contributed by atoms with E-state index in [0.717, 1.165) is 72.0 Å². The number of thiophene rings is 1. The van der Waals surface area contributed by atoms with Gasteiger partial charge in [0.05, 0.1) is 46.8 Å². The first-order valence-corrected chi connectivity index (χ1v) is 10.6. The maximum atomic E-state index is 5.89. The summed E-state index contributed by atoms with van der Waals surface area (Å²) in [6, 6.07) is 6.01. The van der Waals surface area contributed by atoms with E-state index in [0.29, 0.717) is 0 Å². The third-order valence-corrected chi connectivity index (χ3v) is 6.25. The number of fused-ring (bicyclic) bond motifs is 1. The van der Waals surface area contributed by atoms with Gasteiger partial charge in [-0.25, -0.2) is 4.98 Å². The van der Waals surface area contributed by atoms with Gasteiger partial charge < -0.3 is 23.7 Å². The van der Waals surface area contributed by atoms with Crippen LogP contribution in [0.25, 0.3) is 20.9 Å². The number of nitrogens with zero attached hydrogens (tertiary/aromatic N) is 4. The van der Waals surface area contributed by atoms with Gasteiger partial charge in [0.25, 0.3) is 0 Å². The fourth-order valence-corrected chi connectivity index (χ4v) is 5.00. The predicted octanol–water partition coefficient (Wildman–Crippen LogP) is 3.40. The maximum absolute atomic E-state index is 5.89. The van der Waals surface area contributed by atoms with Crippen molar-refractivity contribution in [1.29, 1.82) is 0 Å². The number of furan rings is 1. The molecular formula is C20H24N4O3S. The van der Waals surface area contributed by atoms with Crippen molar-refractivity contribution >= 4 is 33.3 Å². The molecule has 0 spiro atoms. The Bertz CT molecular complexity index is 942. The molecule has 0 aliphatic carbocycles. The quantitative estimate of drug-likeness (QED) is 0.668. The highest BCUT2D eigenvalue weighted by Gasteiger charge is 2.27. The van der Waals surface area contributed by atoms with Crippen LogP contribution in [0, 0.1) is 0 Å². The van der Waals surface area contributed by atoms with Crippen molar-refractivity contribution in [3.63, 3.8) is 0 Å². The monoisotopic (exact) mass is 400 g/mol. The number of hydrogen-bond acceptors (Lipinski definition) is 8. The SMILES string of the molecule is C[C@@H]1CN(c2nc(N3CCOCC3)c3sc(-c4ccco4)cc3n2)C[C@H](C)O1. The first-order chi connectivity index (χ1) is 13.7. The van der Waals surface area contributed by atoms with Crippen molar-refractivity contribution in [3.8, 4) is 10.6 Å². The lowest BCUT2D eigenvalue weighted by Gasteiger charge is -2.36. The number of morpholine rings is 2. The van der Waals surface area contributed by atoms with Gasteiger partial charge in [0.15, 0.2) is 5.82 Å². The average Bonchev–Trinajstić information content (AvgIpc) is 3.36. The summed E-state index contributed by atoms with van der Waals surface area (Å²) in [5.74, 6) is 2.64. The van der Waals surface area contributed by atoms with Gasteiger partial charge in [0.1, 0.15) is 5.76 Å². The fraction of sp³-hybridized carbons (Fsp3) is 0.500. The summed E-state index contributed by atoms with van der Waals surface area (Å²) >= 11 is 1.69. The molecule has 5 rings (SSSR count). The molecule has 8 heteroatoms. The molecule has 2 fully saturated rings. The van der Waals surface area contributed by atoms with Gasteiger partial charge in [-0.15, -0.1) is 11.3 Å². The molecule has 5 heterocycles. The van der Waals surface area contributed by atoms with Crippen LogP contribution in [0.15, 0.2) is 28.9 Å². The fourth-order valence-electron chi connectivity index (χ4n) is 3.92. The number of anilines is 2. The van der Waals surface area contributed by atoms with E-state index >= 15 is 0 Å². The minimum Gasteiger partial charge on any atom is -0.464 e. The van der Waals surface area contributed by atoms with Crippen LogP contribution in [0.2, 0.25) is 0 Å². The Kier molecular flexibility index (Phi) is 4.70. The molecule has 0 amide bonds. The van der Waals surface area contributed by atoms with Crippen LogP contribution in [-0.2, 0) is 9.47 Å². The van der Waals surface area contributed by atoms with Crippen LogP contribution < -0.4 is 9.80 Å². The van der Waals surface area contributed by atoms with E-state index in [1.165, 1.54) is 0 Å². The molecule has 0 unspecified atom stereocenters. The summed E-state index contributed by atoms with van der Waals surface area (Å²) in [7, 11) is 0. The zero-order valence-corrected chi connectivity index (χ0v) is 16.9. The van der Waals surface area contributed by atoms with Crippen molar-refractivity contribution in [1.82, 2.24) is 9.97 Å². The Balaban J connectivity index is 1.60. The van der Waals surface area contributed by atoms with E-state index in [1.54, 1.807) is 17.6 Å². The van der Waals surface area contributed by atoms with Gasteiger partial charge in [-0.05, 0) is 32.0 Å². The van der Waals surface area contributed by atoms with E-state index in [1.807, 2.05) is 12.1 Å². The van der Waals surface area contributed by atoms with Gasteiger partial charge in [-0.3, -0.25) is 0 Å². The molecule has 28 heavy (non-hydrogen) atoms. The van der Waals surface area contributed by atoms with E-state index in [9.17, 15) is 0 Å². The molecule has 2 aliphatic rings. The van der Waals surface area contributed by atoms with Crippen molar-refractivity contribution in [2.75, 3.05) is 49.2 Å². The highest BCUT2D eigenvalue weighted by molar-refractivity contribution is 7.22. The molecule has 0 saturated carbocycles. The largest absolute Gasteiger partial charge is 0.464 e.